The number of hydrogen-bond donors (Lipinski definition) is 1. The van der Waals surface area contributed by atoms with E-state index in [0.29, 0.717) is 10.9 Å². The zero-order chi connectivity index (χ0) is 10.0. The van der Waals surface area contributed by atoms with E-state index in [1.54, 1.807) is 6.92 Å². The van der Waals surface area contributed by atoms with E-state index in [1.807, 2.05) is 0 Å². The van der Waals surface area contributed by atoms with Gasteiger partial charge in [-0.05, 0) is 12.1 Å². The predicted octanol–water partition coefficient (Wildman–Crippen LogP) is 2.76. The van der Waals surface area contributed by atoms with E-state index < -0.39 is 5.82 Å². The quantitative estimate of drug-likeness (QED) is 0.644. The maximum Gasteiger partial charge on any atom is 0.164 e. The number of carbonyl (C=O) groups excluding carboxylic acids is 1. The van der Waals surface area contributed by atoms with Gasteiger partial charge in [-0.3, -0.25) is 4.79 Å². The molecule has 0 heterocycles. The third kappa shape index (κ3) is 2.06. The summed E-state index contributed by atoms with van der Waals surface area (Å²) in [5.41, 5.74) is 5.58. The van der Waals surface area contributed by atoms with Crippen LogP contribution in [0.3, 0.4) is 0 Å². The molecule has 0 aliphatic carbocycles. The molecule has 0 aliphatic heterocycles. The first-order chi connectivity index (χ1) is 6.06. The van der Waals surface area contributed by atoms with Gasteiger partial charge in [0, 0.05) is 16.5 Å². The van der Waals surface area contributed by atoms with Gasteiger partial charge in [0.25, 0.3) is 0 Å². The lowest BCUT2D eigenvalue weighted by Crippen LogP contribution is -2.04. The lowest BCUT2D eigenvalue weighted by atomic mass is 10.1. The van der Waals surface area contributed by atoms with Crippen LogP contribution in [-0.2, 0) is 0 Å². The van der Waals surface area contributed by atoms with Crippen LogP contribution in [0.1, 0.15) is 23.7 Å². The second-order valence-electron chi connectivity index (χ2n) is 2.63. The van der Waals surface area contributed by atoms with E-state index in [1.165, 1.54) is 12.1 Å². The summed E-state index contributed by atoms with van der Waals surface area (Å²) in [5.74, 6) is -0.719. The summed E-state index contributed by atoms with van der Waals surface area (Å²) in [6, 6.07) is 2.77. The van der Waals surface area contributed by atoms with Gasteiger partial charge in [0.1, 0.15) is 5.82 Å². The van der Waals surface area contributed by atoms with Crippen molar-refractivity contribution >= 4 is 27.4 Å². The number of nitrogen functional groups attached to an aromatic ring is 1. The second kappa shape index (κ2) is 3.87. The number of Topliss-reactive ketones (excluding diaryl/α,β-unsaturated/α-hetero) is 1. The summed E-state index contributed by atoms with van der Waals surface area (Å²) in [6.07, 6.45) is 0.320. The van der Waals surface area contributed by atoms with Gasteiger partial charge in [-0.2, -0.15) is 0 Å². The van der Waals surface area contributed by atoms with Crippen molar-refractivity contribution in [1.29, 1.82) is 0 Å². The Labute approximate surface area is 84.1 Å². The van der Waals surface area contributed by atoms with Gasteiger partial charge >= 0.3 is 0 Å². The van der Waals surface area contributed by atoms with Gasteiger partial charge < -0.3 is 5.73 Å². The van der Waals surface area contributed by atoms with Crippen molar-refractivity contribution in [2.24, 2.45) is 0 Å². The molecule has 0 amide bonds. The monoisotopic (exact) mass is 245 g/mol. The van der Waals surface area contributed by atoms with Gasteiger partial charge in [0.2, 0.25) is 0 Å². The minimum absolute atomic E-state index is 0.0740. The largest absolute Gasteiger partial charge is 0.396 e. The van der Waals surface area contributed by atoms with E-state index in [0.717, 1.165) is 0 Å². The second-order valence-corrected chi connectivity index (χ2v) is 3.54. The molecule has 4 heteroatoms. The van der Waals surface area contributed by atoms with Crippen molar-refractivity contribution < 1.29 is 9.18 Å². The van der Waals surface area contributed by atoms with Crippen molar-refractivity contribution in [3.63, 3.8) is 0 Å². The topological polar surface area (TPSA) is 43.1 Å². The Balaban J connectivity index is 3.28. The van der Waals surface area contributed by atoms with Crippen molar-refractivity contribution in [3.8, 4) is 0 Å². The first kappa shape index (κ1) is 10.2. The van der Waals surface area contributed by atoms with Crippen molar-refractivity contribution in [2.45, 2.75) is 13.3 Å². The molecule has 70 valence electrons. The molecule has 1 aromatic rings. The number of nitrogens with two attached hydrogens (primary N) is 1. The molecule has 13 heavy (non-hydrogen) atoms. The summed E-state index contributed by atoms with van der Waals surface area (Å²) >= 11 is 3.10. The Morgan fingerprint density at radius 2 is 2.23 bits per heavy atom. The highest BCUT2D eigenvalue weighted by atomic mass is 79.9. The summed E-state index contributed by atoms with van der Waals surface area (Å²) in [6.45, 7) is 1.71. The highest BCUT2D eigenvalue weighted by Gasteiger charge is 2.12. The Kier molecular flexibility index (Phi) is 3.03. The van der Waals surface area contributed by atoms with E-state index in [-0.39, 0.29) is 17.0 Å². The molecule has 0 aromatic heterocycles. The third-order valence-electron chi connectivity index (χ3n) is 1.72. The van der Waals surface area contributed by atoms with Crippen LogP contribution in [0.15, 0.2) is 16.6 Å². The van der Waals surface area contributed by atoms with E-state index in [4.69, 9.17) is 5.73 Å². The molecule has 0 spiro atoms. The highest BCUT2D eigenvalue weighted by molar-refractivity contribution is 9.10. The van der Waals surface area contributed by atoms with Crippen LogP contribution in [0, 0.1) is 5.82 Å². The zero-order valence-corrected chi connectivity index (χ0v) is 8.69. The Morgan fingerprint density at radius 1 is 1.62 bits per heavy atom. The standard InChI is InChI=1S/C9H9BrFNO/c1-2-8(13)6-3-5(10)4-7(11)9(6)12/h3-4H,2,12H2,1H3. The SMILES string of the molecule is CCC(=O)c1cc(Br)cc(F)c1N. The molecule has 2 nitrogen and oxygen atoms in total. The number of carbonyl (C=O) groups is 1. The van der Waals surface area contributed by atoms with E-state index >= 15 is 0 Å². The molecule has 1 aromatic carbocycles. The molecule has 0 fully saturated rings. The number of anilines is 1. The third-order valence-corrected chi connectivity index (χ3v) is 2.17. The molecule has 0 saturated heterocycles. The van der Waals surface area contributed by atoms with Gasteiger partial charge in [-0.1, -0.05) is 22.9 Å². The summed E-state index contributed by atoms with van der Waals surface area (Å²) < 4.78 is 13.6. The first-order valence-corrected chi connectivity index (χ1v) is 4.63. The van der Waals surface area contributed by atoms with Crippen molar-refractivity contribution in [3.05, 3.63) is 28.0 Å². The summed E-state index contributed by atoms with van der Waals surface area (Å²) in [7, 11) is 0. The van der Waals surface area contributed by atoms with Gasteiger partial charge in [-0.25, -0.2) is 4.39 Å². The van der Waals surface area contributed by atoms with Crippen LogP contribution in [0.4, 0.5) is 10.1 Å². The number of halogens is 2. The number of benzene rings is 1. The highest BCUT2D eigenvalue weighted by Crippen LogP contribution is 2.23. The fourth-order valence-electron chi connectivity index (χ4n) is 1.01. The van der Waals surface area contributed by atoms with E-state index in [9.17, 15) is 9.18 Å². The lowest BCUT2D eigenvalue weighted by Gasteiger charge is -2.04. The van der Waals surface area contributed by atoms with Crippen LogP contribution in [-0.4, -0.2) is 5.78 Å². The minimum Gasteiger partial charge on any atom is -0.396 e. The van der Waals surface area contributed by atoms with Crippen LogP contribution >= 0.6 is 15.9 Å². The van der Waals surface area contributed by atoms with Crippen molar-refractivity contribution in [2.75, 3.05) is 5.73 Å². The van der Waals surface area contributed by atoms with Crippen LogP contribution in [0.5, 0.6) is 0 Å². The minimum atomic E-state index is -0.564. The van der Waals surface area contributed by atoms with Gasteiger partial charge in [0.15, 0.2) is 5.78 Å². The molecule has 1 rings (SSSR count). The summed E-state index contributed by atoms with van der Waals surface area (Å²) in [4.78, 5) is 11.3. The molecule has 0 atom stereocenters. The predicted molar refractivity (Wildman–Crippen MR) is 53.1 cm³/mol. The Bertz CT molecular complexity index is 352. The average Bonchev–Trinajstić information content (AvgIpc) is 2.10. The fraction of sp³-hybridized carbons (Fsp3) is 0.222. The molecular weight excluding hydrogens is 237 g/mol. The maximum atomic E-state index is 13.0. The molecule has 0 unspecified atom stereocenters. The van der Waals surface area contributed by atoms with Crippen LogP contribution < -0.4 is 5.73 Å². The molecule has 0 saturated carbocycles. The maximum absolute atomic E-state index is 13.0. The first-order valence-electron chi connectivity index (χ1n) is 3.84. The number of ketones is 1. The van der Waals surface area contributed by atoms with Crippen molar-refractivity contribution in [1.82, 2.24) is 0 Å². The van der Waals surface area contributed by atoms with Gasteiger partial charge in [0.05, 0.1) is 5.69 Å². The van der Waals surface area contributed by atoms with Crippen LogP contribution in [0.2, 0.25) is 0 Å². The molecule has 0 bridgehead atoms. The summed E-state index contributed by atoms with van der Waals surface area (Å²) in [5, 5.41) is 0. The number of hydrogen-bond acceptors (Lipinski definition) is 2. The number of rotatable bonds is 2. The molecule has 0 radical (unpaired) electrons. The smallest absolute Gasteiger partial charge is 0.164 e. The van der Waals surface area contributed by atoms with Gasteiger partial charge in [-0.15, -0.1) is 0 Å². The Hall–Kier alpha value is -0.900. The Morgan fingerprint density at radius 3 is 2.77 bits per heavy atom. The molecule has 2 N–H and O–H groups in total. The molecular formula is C9H9BrFNO. The normalized spacial score (nSPS) is 10.1. The lowest BCUT2D eigenvalue weighted by molar-refractivity contribution is 0.0988. The van der Waals surface area contributed by atoms with Crippen LogP contribution in [0.25, 0.3) is 0 Å². The average molecular weight is 246 g/mol. The van der Waals surface area contributed by atoms with E-state index in [2.05, 4.69) is 15.9 Å². The molecule has 0 aliphatic rings. The zero-order valence-electron chi connectivity index (χ0n) is 7.10. The fourth-order valence-corrected chi connectivity index (χ4v) is 1.44.